The van der Waals surface area contributed by atoms with Crippen LogP contribution in [-0.2, 0) is 24.7 Å². The molecule has 4 heterocycles. The van der Waals surface area contributed by atoms with E-state index in [0.29, 0.717) is 38.3 Å². The number of rotatable bonds is 0. The number of aromatic nitrogens is 6. The molecule has 3 aromatic heterocycles. The van der Waals surface area contributed by atoms with Crippen molar-refractivity contribution in [2.24, 2.45) is 15.9 Å². The fourth-order valence-electron chi connectivity index (χ4n) is 6.94. The van der Waals surface area contributed by atoms with Crippen molar-refractivity contribution in [2.75, 3.05) is 0 Å². The third kappa shape index (κ3) is 4.03. The third-order valence-corrected chi connectivity index (χ3v) is 8.67. The van der Waals surface area contributed by atoms with Gasteiger partial charge in [-0.3, -0.25) is 0 Å². The molecule has 0 radical (unpaired) electrons. The molecular weight excluding hydrogens is 700 g/mol. The number of benzene rings is 1. The number of hydrogen-bond donors (Lipinski definition) is 0. The molecule has 8 nitrogen and oxygen atoms in total. The molecule has 0 bridgehead atoms. The molecule has 0 spiro atoms. The van der Waals surface area contributed by atoms with Gasteiger partial charge < -0.3 is 0 Å². The van der Waals surface area contributed by atoms with Gasteiger partial charge in [-0.2, -0.15) is 52.7 Å². The average molecular weight is 708 g/mol. The number of nitrogens with zero attached hydrogens (tertiary/aromatic N) is 8. The molecule has 50 heavy (non-hydrogen) atoms. The largest absolute Gasteiger partial charge is 0.435 e. The maximum Gasteiger partial charge on any atom is 0.435 e. The summed E-state index contributed by atoms with van der Waals surface area (Å²) in [5.41, 5.74) is -10.3. The van der Waals surface area contributed by atoms with Crippen LogP contribution in [0.1, 0.15) is 28.3 Å². The molecule has 20 heteroatoms. The van der Waals surface area contributed by atoms with Crippen LogP contribution in [0.2, 0.25) is 0 Å². The second-order valence-electron chi connectivity index (χ2n) is 11.5. The van der Waals surface area contributed by atoms with Gasteiger partial charge in [0, 0.05) is 11.1 Å². The summed E-state index contributed by atoms with van der Waals surface area (Å²) in [6, 6.07) is 3.52. The smallest absolute Gasteiger partial charge is 0.249 e. The summed E-state index contributed by atoms with van der Waals surface area (Å²) in [5.74, 6) is -0.783. The van der Waals surface area contributed by atoms with Gasteiger partial charge in [0.25, 0.3) is 0 Å². The number of hydrogen-bond acceptors (Lipinski definition) is 8. The van der Waals surface area contributed by atoms with E-state index in [0.717, 1.165) is 0 Å². The summed E-state index contributed by atoms with van der Waals surface area (Å²) in [6.07, 6.45) is -17.4. The van der Waals surface area contributed by atoms with Gasteiger partial charge in [-0.25, -0.2) is 39.9 Å². The van der Waals surface area contributed by atoms with E-state index in [1.165, 1.54) is 6.07 Å². The van der Waals surface area contributed by atoms with Crippen LogP contribution >= 0.6 is 0 Å². The minimum absolute atomic E-state index is 0.00501. The zero-order valence-electron chi connectivity index (χ0n) is 23.7. The van der Waals surface area contributed by atoms with Gasteiger partial charge in [-0.15, -0.1) is 0 Å². The Morgan fingerprint density at radius 3 is 1.74 bits per heavy atom. The quantitative estimate of drug-likeness (QED) is 0.260. The highest BCUT2D eigenvalue weighted by Crippen LogP contribution is 2.47. The summed E-state index contributed by atoms with van der Waals surface area (Å²) in [6.45, 7) is 0. The van der Waals surface area contributed by atoms with E-state index < -0.39 is 81.7 Å². The lowest BCUT2D eigenvalue weighted by Crippen LogP contribution is -2.42. The number of alkyl halides is 12. The van der Waals surface area contributed by atoms with Gasteiger partial charge >= 0.3 is 24.7 Å². The molecule has 2 atom stereocenters. The first-order valence-electron chi connectivity index (χ1n) is 14.1. The van der Waals surface area contributed by atoms with Gasteiger partial charge in [0.15, 0.2) is 45.0 Å². The van der Waals surface area contributed by atoms with Crippen LogP contribution in [-0.4, -0.2) is 35.9 Å². The van der Waals surface area contributed by atoms with Crippen molar-refractivity contribution in [3.63, 3.8) is 0 Å². The Morgan fingerprint density at radius 1 is 0.580 bits per heavy atom. The first kappa shape index (κ1) is 30.5. The van der Waals surface area contributed by atoms with Gasteiger partial charge in [-0.1, -0.05) is 36.4 Å². The Balaban J connectivity index is 1.36. The van der Waals surface area contributed by atoms with Crippen LogP contribution in [0.3, 0.4) is 0 Å². The normalized spacial score (nSPS) is 20.2. The lowest BCUT2D eigenvalue weighted by molar-refractivity contribution is -0.167. The molecule has 0 saturated heterocycles. The van der Waals surface area contributed by atoms with Gasteiger partial charge in [-0.05, 0) is 33.1 Å². The predicted molar refractivity (Wildman–Crippen MR) is 142 cm³/mol. The Hall–Kier alpha value is -5.56. The molecule has 9 rings (SSSR count). The van der Waals surface area contributed by atoms with E-state index in [2.05, 4.69) is 39.9 Å². The summed E-state index contributed by atoms with van der Waals surface area (Å²) in [4.78, 5) is 29.7. The summed E-state index contributed by atoms with van der Waals surface area (Å²) in [7, 11) is 0. The maximum absolute atomic E-state index is 13.7. The minimum Gasteiger partial charge on any atom is -0.249 e. The van der Waals surface area contributed by atoms with Crippen LogP contribution in [0.15, 0.2) is 52.0 Å². The molecule has 1 aliphatic heterocycles. The minimum atomic E-state index is -5.54. The van der Waals surface area contributed by atoms with E-state index in [1.54, 1.807) is 30.4 Å². The first-order chi connectivity index (χ1) is 23.3. The van der Waals surface area contributed by atoms with E-state index >= 15 is 0 Å². The van der Waals surface area contributed by atoms with Crippen molar-refractivity contribution >= 4 is 33.7 Å². The Labute approximate surface area is 265 Å². The number of allylic oxidation sites excluding steroid dienone is 3. The van der Waals surface area contributed by atoms with Gasteiger partial charge in [0.1, 0.15) is 6.04 Å². The molecule has 0 amide bonds. The van der Waals surface area contributed by atoms with E-state index in [4.69, 9.17) is 0 Å². The Kier molecular flexibility index (Phi) is 5.58. The highest BCUT2D eigenvalue weighted by molar-refractivity contribution is 6.00. The van der Waals surface area contributed by atoms with Crippen molar-refractivity contribution in [3.05, 3.63) is 102 Å². The predicted octanol–water partition coefficient (Wildman–Crippen LogP) is 2.37. The van der Waals surface area contributed by atoms with Crippen LogP contribution in [0.4, 0.5) is 52.7 Å². The second kappa shape index (κ2) is 9.16. The first-order valence-corrected chi connectivity index (χ1v) is 14.1. The van der Waals surface area contributed by atoms with Crippen LogP contribution in [0.5, 0.6) is 0 Å². The summed E-state index contributed by atoms with van der Waals surface area (Å²) >= 11 is 0. The highest BCUT2D eigenvalue weighted by Gasteiger charge is 2.49. The lowest BCUT2D eigenvalue weighted by Gasteiger charge is -2.31. The molecule has 0 fully saturated rings. The van der Waals surface area contributed by atoms with Crippen molar-refractivity contribution in [3.8, 4) is 0 Å². The Morgan fingerprint density at radius 2 is 1.14 bits per heavy atom. The highest BCUT2D eigenvalue weighted by atomic mass is 19.4. The van der Waals surface area contributed by atoms with Crippen molar-refractivity contribution in [2.45, 2.75) is 30.7 Å². The average Bonchev–Trinajstić information content (AvgIpc) is 3.52. The fourth-order valence-corrected chi connectivity index (χ4v) is 6.94. The van der Waals surface area contributed by atoms with Crippen LogP contribution in [0, 0.1) is 5.92 Å². The van der Waals surface area contributed by atoms with Gasteiger partial charge in [0.05, 0.1) is 16.4 Å². The maximum atomic E-state index is 13.7. The zero-order valence-corrected chi connectivity index (χ0v) is 23.7. The van der Waals surface area contributed by atoms with Crippen molar-refractivity contribution < 1.29 is 52.7 Å². The molecule has 4 aromatic rings. The van der Waals surface area contributed by atoms with Crippen molar-refractivity contribution in [1.29, 1.82) is 0 Å². The van der Waals surface area contributed by atoms with E-state index in [1.807, 2.05) is 0 Å². The van der Waals surface area contributed by atoms with Gasteiger partial charge in [0.2, 0.25) is 0 Å². The number of fused-ring (bicyclic) bond motifs is 7. The van der Waals surface area contributed by atoms with Crippen molar-refractivity contribution in [1.82, 2.24) is 29.9 Å². The zero-order chi connectivity index (χ0) is 35.4. The second-order valence-corrected chi connectivity index (χ2v) is 11.5. The third-order valence-electron chi connectivity index (χ3n) is 8.67. The van der Waals surface area contributed by atoms with E-state index in [-0.39, 0.29) is 16.4 Å². The Bertz CT molecular complexity index is 2770. The van der Waals surface area contributed by atoms with Crippen LogP contribution < -0.4 is 32.1 Å². The standard InChI is InChI=1S/C30H8F12N8/c31-27(32,33)19-21(29(37,38)39)49-25-23(47-19)43-15-9-5-1-3-7-11(9)14(18(15)46-25)8-4-2-6-10-12(8)13(7)17-16(10)44-24-26(45-17)50-22(30(40,41)42)20(48-24)28(34,35)36/h1-6,11,17H. The van der Waals surface area contributed by atoms with E-state index in [9.17, 15) is 52.7 Å². The molecule has 2 unspecified atom stereocenters. The lowest BCUT2D eigenvalue weighted by atomic mass is 9.73. The molecule has 252 valence electrons. The molecule has 5 aliphatic rings. The molecule has 0 N–H and O–H groups in total. The SMILES string of the molecule is FC(F)(F)c1nc2c(nc1C(F)(F)F)=NC1C(=c3cccc4c3=C1C1=CC=CC3=c5nc6nc(C(F)(F)F)c(C(F)(F)F)nc6nc5=C4C13)N=2. The fraction of sp³-hybridized carbons (Fsp3) is 0.200. The molecule has 0 saturated carbocycles. The summed E-state index contributed by atoms with van der Waals surface area (Å²) in [5, 5.41) is 0.747. The summed E-state index contributed by atoms with van der Waals surface area (Å²) < 4.78 is 164. The van der Waals surface area contributed by atoms with Crippen LogP contribution in [0.25, 0.3) is 33.7 Å². The monoisotopic (exact) mass is 708 g/mol. The molecule has 4 aliphatic carbocycles. The number of halogens is 12. The molecule has 1 aromatic carbocycles. The molecular formula is C30H8F12N8. The topological polar surface area (TPSA) is 102 Å².